The van der Waals surface area contributed by atoms with Crippen molar-refractivity contribution >= 4 is 21.8 Å². The van der Waals surface area contributed by atoms with Crippen LogP contribution in [0.4, 0.5) is 0 Å². The largest absolute Gasteiger partial charge is 0.337 e. The Morgan fingerprint density at radius 2 is 1.90 bits per heavy atom. The topological polar surface area (TPSA) is 88.4 Å². The van der Waals surface area contributed by atoms with Crippen LogP contribution in [0.1, 0.15) is 17.7 Å². The molecule has 1 aromatic heterocycles. The first-order valence-corrected chi connectivity index (χ1v) is 11.7. The van der Waals surface area contributed by atoms with Crippen molar-refractivity contribution < 1.29 is 13.2 Å². The summed E-state index contributed by atoms with van der Waals surface area (Å²) in [5, 5.41) is 8.20. The first-order chi connectivity index (χ1) is 14.0. The Balaban J connectivity index is 1.27. The molecule has 2 aliphatic rings. The normalized spacial score (nSPS) is 22.3. The predicted molar refractivity (Wildman–Crippen MR) is 110 cm³/mol. The van der Waals surface area contributed by atoms with Gasteiger partial charge >= 0.3 is 0 Å². The van der Waals surface area contributed by atoms with Crippen LogP contribution in [0.3, 0.4) is 0 Å². The summed E-state index contributed by atoms with van der Waals surface area (Å²) in [5.74, 6) is 0.477. The van der Waals surface area contributed by atoms with E-state index in [0.29, 0.717) is 44.8 Å². The van der Waals surface area contributed by atoms with E-state index in [4.69, 9.17) is 0 Å². The maximum Gasteiger partial charge on any atom is 0.246 e. The summed E-state index contributed by atoms with van der Waals surface area (Å²) in [4.78, 5) is 16.5. The third kappa shape index (κ3) is 5.10. The van der Waals surface area contributed by atoms with Crippen LogP contribution in [0.2, 0.25) is 0 Å². The minimum atomic E-state index is -2.88. The van der Waals surface area contributed by atoms with Crippen LogP contribution in [0.15, 0.2) is 42.6 Å². The van der Waals surface area contributed by atoms with Gasteiger partial charge in [-0.3, -0.25) is 9.69 Å². The minimum absolute atomic E-state index is 0.0543. The van der Waals surface area contributed by atoms with Gasteiger partial charge in [0.15, 0.2) is 9.84 Å². The molecular weight excluding hydrogens is 390 g/mol. The van der Waals surface area contributed by atoms with Crippen molar-refractivity contribution in [2.45, 2.75) is 19.0 Å². The molecule has 2 aliphatic heterocycles. The highest BCUT2D eigenvalue weighted by Gasteiger charge is 2.34. The molecule has 2 saturated heterocycles. The summed E-state index contributed by atoms with van der Waals surface area (Å²) in [7, 11) is -2.88. The molecule has 0 bridgehead atoms. The Morgan fingerprint density at radius 3 is 2.59 bits per heavy atom. The van der Waals surface area contributed by atoms with Gasteiger partial charge in [-0.2, -0.15) is 0 Å². The van der Waals surface area contributed by atoms with E-state index < -0.39 is 9.84 Å². The van der Waals surface area contributed by atoms with Gasteiger partial charge in [-0.25, -0.2) is 13.1 Å². The average molecular weight is 416 g/mol. The second kappa shape index (κ2) is 8.46. The summed E-state index contributed by atoms with van der Waals surface area (Å²) in [5.41, 5.74) is 1.78. The molecule has 3 heterocycles. The quantitative estimate of drug-likeness (QED) is 0.667. The van der Waals surface area contributed by atoms with Crippen LogP contribution in [-0.2, 0) is 21.2 Å². The molecule has 0 aliphatic carbocycles. The zero-order chi connectivity index (χ0) is 20.3. The van der Waals surface area contributed by atoms with Crippen molar-refractivity contribution in [2.75, 3.05) is 37.7 Å². The highest BCUT2D eigenvalue weighted by molar-refractivity contribution is 7.91. The van der Waals surface area contributed by atoms with E-state index >= 15 is 0 Å². The van der Waals surface area contributed by atoms with Crippen molar-refractivity contribution in [1.82, 2.24) is 24.8 Å². The van der Waals surface area contributed by atoms with E-state index in [2.05, 4.69) is 15.2 Å². The van der Waals surface area contributed by atoms with Crippen LogP contribution < -0.4 is 0 Å². The van der Waals surface area contributed by atoms with Gasteiger partial charge in [0, 0.05) is 38.3 Å². The predicted octanol–water partition coefficient (Wildman–Crippen LogP) is 0.671. The van der Waals surface area contributed by atoms with Crippen LogP contribution in [0, 0.1) is 0 Å². The van der Waals surface area contributed by atoms with E-state index in [1.54, 1.807) is 15.7 Å². The zero-order valence-corrected chi connectivity index (χ0v) is 17.0. The molecule has 1 amide bonds. The minimum Gasteiger partial charge on any atom is -0.337 e. The summed E-state index contributed by atoms with van der Waals surface area (Å²) < 4.78 is 25.1. The molecule has 0 saturated carbocycles. The SMILES string of the molecule is O=C(/C=C/c1cn(Cc2ccccc2)nn1)N1CCN(C2CCS(=O)(=O)C2)CC1. The maximum atomic E-state index is 12.5. The molecule has 2 aromatic rings. The van der Waals surface area contributed by atoms with Gasteiger partial charge in [-0.05, 0) is 18.1 Å². The number of piperazine rings is 1. The van der Waals surface area contributed by atoms with Gasteiger partial charge in [0.05, 0.1) is 24.2 Å². The van der Waals surface area contributed by atoms with Crippen molar-refractivity contribution in [3.8, 4) is 0 Å². The standard InChI is InChI=1S/C20H25N5O3S/c26-20(24-11-9-23(10-12-24)19-8-13-29(27,28)16-19)7-6-18-15-25(22-21-18)14-17-4-2-1-3-5-17/h1-7,15,19H,8-14,16H2/b7-6+. The second-order valence-corrected chi connectivity index (χ2v) is 9.81. The molecule has 8 nitrogen and oxygen atoms in total. The Morgan fingerprint density at radius 1 is 1.14 bits per heavy atom. The third-order valence-electron chi connectivity index (χ3n) is 5.49. The highest BCUT2D eigenvalue weighted by Crippen LogP contribution is 2.19. The van der Waals surface area contributed by atoms with E-state index in [9.17, 15) is 13.2 Å². The number of hydrogen-bond donors (Lipinski definition) is 0. The van der Waals surface area contributed by atoms with Gasteiger partial charge in [-0.1, -0.05) is 35.5 Å². The fraction of sp³-hybridized carbons (Fsp3) is 0.450. The van der Waals surface area contributed by atoms with Crippen molar-refractivity contribution in [3.63, 3.8) is 0 Å². The van der Waals surface area contributed by atoms with Gasteiger partial charge < -0.3 is 4.90 Å². The maximum absolute atomic E-state index is 12.5. The molecule has 4 rings (SSSR count). The van der Waals surface area contributed by atoms with Crippen LogP contribution in [0.25, 0.3) is 6.08 Å². The van der Waals surface area contributed by atoms with Gasteiger partial charge in [0.1, 0.15) is 5.69 Å². The molecule has 29 heavy (non-hydrogen) atoms. The van der Waals surface area contributed by atoms with E-state index in [1.165, 1.54) is 6.08 Å². The number of sulfone groups is 1. The number of nitrogens with zero attached hydrogens (tertiary/aromatic N) is 5. The lowest BCUT2D eigenvalue weighted by molar-refractivity contribution is -0.127. The number of amides is 1. The number of carbonyl (C=O) groups excluding carboxylic acids is 1. The summed E-state index contributed by atoms with van der Waals surface area (Å²) in [6.07, 6.45) is 5.74. The Bertz CT molecular complexity index is 979. The average Bonchev–Trinajstić information content (AvgIpc) is 3.33. The molecule has 1 aromatic carbocycles. The Hall–Kier alpha value is -2.52. The molecule has 0 radical (unpaired) electrons. The highest BCUT2D eigenvalue weighted by atomic mass is 32.2. The molecular formula is C20H25N5O3S. The van der Waals surface area contributed by atoms with Crippen LogP contribution in [0.5, 0.6) is 0 Å². The molecule has 2 fully saturated rings. The number of benzene rings is 1. The van der Waals surface area contributed by atoms with Crippen molar-refractivity contribution in [1.29, 1.82) is 0 Å². The van der Waals surface area contributed by atoms with Crippen molar-refractivity contribution in [2.24, 2.45) is 0 Å². The van der Waals surface area contributed by atoms with E-state index in [0.717, 1.165) is 5.56 Å². The van der Waals surface area contributed by atoms with Crippen molar-refractivity contribution in [3.05, 3.63) is 53.9 Å². The first kappa shape index (κ1) is 19.8. The fourth-order valence-corrected chi connectivity index (χ4v) is 5.63. The third-order valence-corrected chi connectivity index (χ3v) is 7.24. The summed E-state index contributed by atoms with van der Waals surface area (Å²) in [6, 6.07) is 10.1. The zero-order valence-electron chi connectivity index (χ0n) is 16.2. The molecule has 1 unspecified atom stereocenters. The van der Waals surface area contributed by atoms with Crippen LogP contribution in [-0.4, -0.2) is 82.8 Å². The number of rotatable bonds is 5. The lowest BCUT2D eigenvalue weighted by Crippen LogP contribution is -2.52. The number of aromatic nitrogens is 3. The molecule has 0 N–H and O–H groups in total. The molecule has 9 heteroatoms. The summed E-state index contributed by atoms with van der Waals surface area (Å²) >= 11 is 0. The number of carbonyl (C=O) groups is 1. The van der Waals surface area contributed by atoms with Crippen LogP contribution >= 0.6 is 0 Å². The lowest BCUT2D eigenvalue weighted by atomic mass is 10.2. The summed E-state index contributed by atoms with van der Waals surface area (Å²) in [6.45, 7) is 3.29. The van der Waals surface area contributed by atoms with E-state index in [-0.39, 0.29) is 23.5 Å². The molecule has 1 atom stereocenters. The Labute approximate surface area is 170 Å². The first-order valence-electron chi connectivity index (χ1n) is 9.84. The molecule has 154 valence electrons. The van der Waals surface area contributed by atoms with Gasteiger partial charge in [-0.15, -0.1) is 5.10 Å². The second-order valence-electron chi connectivity index (χ2n) is 7.58. The van der Waals surface area contributed by atoms with Gasteiger partial charge in [0.25, 0.3) is 0 Å². The van der Waals surface area contributed by atoms with E-state index in [1.807, 2.05) is 36.5 Å². The Kier molecular flexibility index (Phi) is 5.77. The molecule has 0 spiro atoms. The monoisotopic (exact) mass is 415 g/mol. The van der Waals surface area contributed by atoms with Gasteiger partial charge in [0.2, 0.25) is 5.91 Å². The lowest BCUT2D eigenvalue weighted by Gasteiger charge is -2.37. The fourth-order valence-electron chi connectivity index (χ4n) is 3.87. The number of hydrogen-bond acceptors (Lipinski definition) is 6. The smallest absolute Gasteiger partial charge is 0.246 e.